The quantitative estimate of drug-likeness (QED) is 0.168. The largest absolute Gasteiger partial charge is 0.332 e. The topological polar surface area (TPSA) is 120 Å². The molecule has 2 aromatic carbocycles. The van der Waals surface area contributed by atoms with Gasteiger partial charge in [-0.1, -0.05) is 82.1 Å². The second kappa shape index (κ2) is 18.9. The zero-order valence-corrected chi connectivity index (χ0v) is 40.2. The van der Waals surface area contributed by atoms with Crippen molar-refractivity contribution >= 4 is 33.4 Å². The highest BCUT2D eigenvalue weighted by molar-refractivity contribution is 5.93. The predicted molar refractivity (Wildman–Crippen MR) is 264 cm³/mol. The van der Waals surface area contributed by atoms with Crippen LogP contribution in [0.4, 0.5) is 0 Å². The molecule has 358 valence electrons. The van der Waals surface area contributed by atoms with Crippen molar-refractivity contribution < 1.29 is 9.59 Å². The van der Waals surface area contributed by atoms with E-state index in [1.807, 2.05) is 36.4 Å². The molecule has 4 saturated carbocycles. The van der Waals surface area contributed by atoms with E-state index in [4.69, 9.17) is 0 Å². The zero-order chi connectivity index (χ0) is 45.9. The maximum atomic E-state index is 13.7. The maximum Gasteiger partial charge on any atom is 0.332 e. The summed E-state index contributed by atoms with van der Waals surface area (Å²) in [5.41, 5.74) is 0.654. The molecule has 67 heavy (non-hydrogen) atoms. The third-order valence-electron chi connectivity index (χ3n) is 18.6. The second-order valence-electron chi connectivity index (χ2n) is 23.0. The van der Waals surface area contributed by atoms with Crippen LogP contribution in [0.1, 0.15) is 184 Å². The number of aromatic nitrogens is 4. The molecule has 12 rings (SSSR count). The Bertz CT molecular complexity index is 2630. The number of para-hydroxylation sites is 2. The van der Waals surface area contributed by atoms with E-state index in [0.717, 1.165) is 55.4 Å². The van der Waals surface area contributed by atoms with Crippen LogP contribution < -0.4 is 16.8 Å². The normalized spacial score (nSPS) is 34.2. The number of benzene rings is 2. The first-order chi connectivity index (χ1) is 32.6. The summed E-state index contributed by atoms with van der Waals surface area (Å²) in [5, 5.41) is 1.17. The molecule has 0 spiro atoms. The molecular formula is C56H74N6O5. The van der Waals surface area contributed by atoms with Gasteiger partial charge < -0.3 is 0 Å². The standard InChI is InChI=1S/C29H39N3O3.C27H35N3O2/c1-19(33)18-30-27-12-5-4-11-26(27)28(34)32(29(30)35)25-16-22-9-6-10-23(17-25)31(22)24-14-20-7-2-3-8-21(13-20)15-24;1-17(31)26-28-25-11-3-2-10-24(25)27(32)30(26)23-15-20-8-5-9-21(16-23)29(20)22-13-18-6-4-7-19(12-18)14-22/h4-5,11-12,20-25H,2-3,6-10,13-18H2,1H3;2-3,10-11,18-23H,4-9,12-16H2,1H3/t20-,21+,22-,23+,24?,25?;18-,19+,20-,21+,22?,23?. The summed E-state index contributed by atoms with van der Waals surface area (Å²) in [6.07, 6.45) is 29.3. The average Bonchev–Trinajstić information content (AvgIpc) is 3.48. The van der Waals surface area contributed by atoms with E-state index in [-0.39, 0.29) is 47.0 Å². The van der Waals surface area contributed by atoms with Crippen LogP contribution in [-0.4, -0.2) is 76.3 Å². The maximum absolute atomic E-state index is 13.7. The molecule has 0 amide bonds. The van der Waals surface area contributed by atoms with Crippen LogP contribution in [0.2, 0.25) is 0 Å². The van der Waals surface area contributed by atoms with Gasteiger partial charge in [-0.05, 0) is 145 Å². The Morgan fingerprint density at radius 3 is 1.46 bits per heavy atom. The van der Waals surface area contributed by atoms with Gasteiger partial charge in [0.2, 0.25) is 0 Å². The minimum absolute atomic E-state index is 0.0101. The van der Waals surface area contributed by atoms with Crippen molar-refractivity contribution in [3.63, 3.8) is 0 Å². The number of piperidine rings is 4. The SMILES string of the molecule is CC(=O)Cn1c(=O)n(C2C[C@H]3CCC[C@@H](C2)N3C2C[C@H]3CCCC[C@@H](C2)C3)c(=O)c2ccccc21.CC(=O)c1nc2ccccc2c(=O)n1C1C[C@H]2CCC[C@@H](C1)N2C1C[C@H]2CCC[C@@H](C1)C2. The summed E-state index contributed by atoms with van der Waals surface area (Å²) >= 11 is 0. The molecule has 2 aromatic heterocycles. The van der Waals surface area contributed by atoms with Crippen LogP contribution in [0.3, 0.4) is 0 Å². The van der Waals surface area contributed by atoms with E-state index in [2.05, 4.69) is 14.8 Å². The Hall–Kier alpha value is -4.22. The molecule has 0 N–H and O–H groups in total. The van der Waals surface area contributed by atoms with E-state index < -0.39 is 0 Å². The lowest BCUT2D eigenvalue weighted by atomic mass is 9.68. The van der Waals surface area contributed by atoms with E-state index in [1.165, 1.54) is 138 Å². The third-order valence-corrected chi connectivity index (χ3v) is 18.6. The Morgan fingerprint density at radius 2 is 0.940 bits per heavy atom. The van der Waals surface area contributed by atoms with Gasteiger partial charge in [0.05, 0.1) is 28.4 Å². The molecule has 8 aliphatic rings. The number of fused-ring (bicyclic) bond motifs is 10. The lowest BCUT2D eigenvalue weighted by Gasteiger charge is -2.55. The monoisotopic (exact) mass is 911 g/mol. The molecule has 8 bridgehead atoms. The minimum Gasteiger partial charge on any atom is -0.298 e. The van der Waals surface area contributed by atoms with E-state index >= 15 is 0 Å². The lowest BCUT2D eigenvalue weighted by molar-refractivity contribution is -0.117. The van der Waals surface area contributed by atoms with Crippen LogP contribution >= 0.6 is 0 Å². The second-order valence-corrected chi connectivity index (χ2v) is 23.0. The summed E-state index contributed by atoms with van der Waals surface area (Å²) in [5.74, 6) is 3.80. The van der Waals surface area contributed by atoms with Crippen LogP contribution in [0.15, 0.2) is 62.9 Å². The molecular weight excluding hydrogens is 837 g/mol. The van der Waals surface area contributed by atoms with Gasteiger partial charge in [0, 0.05) is 55.3 Å². The fraction of sp³-hybridized carbons (Fsp3) is 0.679. The highest BCUT2D eigenvalue weighted by atomic mass is 16.2. The molecule has 12 atom stereocenters. The summed E-state index contributed by atoms with van der Waals surface area (Å²) < 4.78 is 4.82. The van der Waals surface area contributed by atoms with Crippen molar-refractivity contribution in [1.29, 1.82) is 0 Å². The Balaban J connectivity index is 0.000000148. The van der Waals surface area contributed by atoms with Crippen molar-refractivity contribution in [3.8, 4) is 0 Å². The third kappa shape index (κ3) is 8.76. The number of carbonyl (C=O) groups is 2. The van der Waals surface area contributed by atoms with Crippen LogP contribution in [0, 0.1) is 23.7 Å². The summed E-state index contributed by atoms with van der Waals surface area (Å²) in [4.78, 5) is 75.8. The van der Waals surface area contributed by atoms with Crippen molar-refractivity contribution in [2.45, 2.75) is 216 Å². The number of carbonyl (C=O) groups excluding carboxylic acids is 2. The average molecular weight is 911 g/mol. The van der Waals surface area contributed by atoms with Crippen LogP contribution in [0.25, 0.3) is 21.8 Å². The van der Waals surface area contributed by atoms with E-state index in [9.17, 15) is 24.0 Å². The number of nitrogens with zero attached hydrogens (tertiary/aromatic N) is 6. The van der Waals surface area contributed by atoms with Crippen LogP contribution in [-0.2, 0) is 11.3 Å². The molecule has 4 aromatic rings. The first-order valence-electron chi connectivity index (χ1n) is 26.9. The van der Waals surface area contributed by atoms with E-state index in [1.54, 1.807) is 23.6 Å². The fourth-order valence-electron chi connectivity index (χ4n) is 16.2. The van der Waals surface area contributed by atoms with Crippen LogP contribution in [0.5, 0.6) is 0 Å². The first kappa shape index (κ1) is 45.2. The van der Waals surface area contributed by atoms with Crippen molar-refractivity contribution in [3.05, 3.63) is 85.5 Å². The summed E-state index contributed by atoms with van der Waals surface area (Å²) in [6.45, 7) is 3.06. The predicted octanol–water partition coefficient (Wildman–Crippen LogP) is 9.79. The van der Waals surface area contributed by atoms with Gasteiger partial charge >= 0.3 is 5.69 Å². The van der Waals surface area contributed by atoms with E-state index in [0.29, 0.717) is 57.8 Å². The minimum atomic E-state index is -0.316. The number of hydrogen-bond acceptors (Lipinski definition) is 8. The van der Waals surface area contributed by atoms with Gasteiger partial charge in [0.15, 0.2) is 11.6 Å². The molecule has 6 heterocycles. The first-order valence-corrected chi connectivity index (χ1v) is 26.9. The fourth-order valence-corrected chi connectivity index (χ4v) is 16.2. The highest BCUT2D eigenvalue weighted by Gasteiger charge is 2.47. The number of ketones is 2. The van der Waals surface area contributed by atoms with Gasteiger partial charge in [-0.15, -0.1) is 0 Å². The van der Waals surface area contributed by atoms with Crippen molar-refractivity contribution in [1.82, 2.24) is 28.5 Å². The molecule has 4 unspecified atom stereocenters. The Kier molecular flexibility index (Phi) is 12.8. The van der Waals surface area contributed by atoms with Crippen molar-refractivity contribution in [2.24, 2.45) is 23.7 Å². The summed E-state index contributed by atoms with van der Waals surface area (Å²) in [7, 11) is 0. The molecule has 11 nitrogen and oxygen atoms in total. The number of hydrogen-bond donors (Lipinski definition) is 0. The van der Waals surface area contributed by atoms with Gasteiger partial charge in [0.1, 0.15) is 5.78 Å². The number of rotatable bonds is 7. The van der Waals surface area contributed by atoms with Gasteiger partial charge in [-0.25, -0.2) is 9.78 Å². The lowest BCUT2D eigenvalue weighted by Crippen LogP contribution is -2.59. The molecule has 4 aliphatic carbocycles. The molecule has 8 fully saturated rings. The molecule has 11 heteroatoms. The number of Topliss-reactive ketones (excluding diaryl/α,β-unsaturated/α-hetero) is 2. The highest BCUT2D eigenvalue weighted by Crippen LogP contribution is 2.49. The molecule has 4 saturated heterocycles. The molecule has 4 aliphatic heterocycles. The molecule has 0 radical (unpaired) electrons. The Labute approximate surface area is 395 Å². The Morgan fingerprint density at radius 1 is 0.493 bits per heavy atom. The van der Waals surface area contributed by atoms with Gasteiger partial charge in [0.25, 0.3) is 11.1 Å². The van der Waals surface area contributed by atoms with Crippen molar-refractivity contribution in [2.75, 3.05) is 0 Å². The van der Waals surface area contributed by atoms with Gasteiger partial charge in [-0.3, -0.25) is 42.7 Å². The zero-order valence-electron chi connectivity index (χ0n) is 40.2. The van der Waals surface area contributed by atoms with Gasteiger partial charge in [-0.2, -0.15) is 0 Å². The smallest absolute Gasteiger partial charge is 0.298 e. The summed E-state index contributed by atoms with van der Waals surface area (Å²) in [6, 6.07) is 18.1.